The molecule has 0 aromatic heterocycles. The molecule has 0 heteroatoms. The predicted octanol–water partition coefficient (Wildman–Crippen LogP) is 4.89. The molecule has 0 amide bonds. The first-order valence-electron chi connectivity index (χ1n) is 5.30. The molecule has 1 rings (SSSR count). The zero-order chi connectivity index (χ0) is 10.7. The molecule has 13 heavy (non-hydrogen) atoms. The van der Waals surface area contributed by atoms with Crippen molar-refractivity contribution in [1.29, 1.82) is 0 Å². The molecule has 0 bridgehead atoms. The fourth-order valence-electron chi connectivity index (χ4n) is 0.974. The largest absolute Gasteiger partial charge is 0.0805 e. The van der Waals surface area contributed by atoms with Gasteiger partial charge in [-0.15, -0.1) is 0 Å². The van der Waals surface area contributed by atoms with Gasteiger partial charge < -0.3 is 0 Å². The first-order chi connectivity index (χ1) is 6.29. The van der Waals surface area contributed by atoms with Gasteiger partial charge in [0.1, 0.15) is 0 Å². The Hall–Kier alpha value is -0.780. The van der Waals surface area contributed by atoms with Gasteiger partial charge in [-0.1, -0.05) is 63.1 Å². The monoisotopic (exact) mass is 180 g/mol. The minimum atomic E-state index is 1.08. The van der Waals surface area contributed by atoms with Crippen LogP contribution in [0, 0.1) is 0 Å². The minimum Gasteiger partial charge on any atom is -0.0805 e. The molecule has 0 aromatic rings. The molecule has 76 valence electrons. The van der Waals surface area contributed by atoms with Crippen LogP contribution in [0.15, 0.2) is 35.5 Å². The highest BCUT2D eigenvalue weighted by Crippen LogP contribution is 2.08. The zero-order valence-electron chi connectivity index (χ0n) is 10.0. The molecule has 0 N–H and O–H groups in total. The van der Waals surface area contributed by atoms with Crippen molar-refractivity contribution in [1.82, 2.24) is 0 Å². The van der Waals surface area contributed by atoms with Crippen molar-refractivity contribution in [3.05, 3.63) is 35.5 Å². The van der Waals surface area contributed by atoms with Crippen LogP contribution in [0.5, 0.6) is 0 Å². The van der Waals surface area contributed by atoms with Crippen LogP contribution in [-0.2, 0) is 0 Å². The highest BCUT2D eigenvalue weighted by molar-refractivity contribution is 5.30. The Balaban J connectivity index is 0. The molecule has 0 saturated heterocycles. The lowest BCUT2D eigenvalue weighted by molar-refractivity contribution is 1.35. The first-order valence-corrected chi connectivity index (χ1v) is 5.30. The second kappa shape index (κ2) is 11.2. The molecule has 0 spiro atoms. The van der Waals surface area contributed by atoms with Crippen LogP contribution < -0.4 is 0 Å². The molecule has 0 aromatic carbocycles. The van der Waals surface area contributed by atoms with Gasteiger partial charge in [0.15, 0.2) is 0 Å². The van der Waals surface area contributed by atoms with Gasteiger partial charge in [0, 0.05) is 0 Å². The van der Waals surface area contributed by atoms with Gasteiger partial charge in [0.05, 0.1) is 0 Å². The SMILES string of the molecule is CC.CC.CC1=CCC=CC(C)=C1. The van der Waals surface area contributed by atoms with E-state index in [1.54, 1.807) is 0 Å². The summed E-state index contributed by atoms with van der Waals surface area (Å²) in [5, 5.41) is 0. The van der Waals surface area contributed by atoms with E-state index < -0.39 is 0 Å². The average molecular weight is 180 g/mol. The summed E-state index contributed by atoms with van der Waals surface area (Å²) < 4.78 is 0. The average Bonchev–Trinajstić information content (AvgIpc) is 2.36. The predicted molar refractivity (Wildman–Crippen MR) is 64.0 cm³/mol. The van der Waals surface area contributed by atoms with E-state index in [2.05, 4.69) is 38.2 Å². The summed E-state index contributed by atoms with van der Waals surface area (Å²) in [6.45, 7) is 12.3. The summed E-state index contributed by atoms with van der Waals surface area (Å²) >= 11 is 0. The van der Waals surface area contributed by atoms with E-state index in [4.69, 9.17) is 0 Å². The van der Waals surface area contributed by atoms with Crippen molar-refractivity contribution in [2.45, 2.75) is 48.0 Å². The second-order valence-corrected chi connectivity index (χ2v) is 2.47. The zero-order valence-corrected chi connectivity index (χ0v) is 10.0. The maximum Gasteiger partial charge on any atom is -0.0160 e. The van der Waals surface area contributed by atoms with E-state index in [0.29, 0.717) is 0 Å². The molecule has 1 aliphatic carbocycles. The van der Waals surface area contributed by atoms with Gasteiger partial charge >= 0.3 is 0 Å². The van der Waals surface area contributed by atoms with Crippen molar-refractivity contribution < 1.29 is 0 Å². The third-order valence-corrected chi connectivity index (χ3v) is 1.41. The topological polar surface area (TPSA) is 0 Å². The quantitative estimate of drug-likeness (QED) is 0.498. The van der Waals surface area contributed by atoms with Crippen LogP contribution in [0.25, 0.3) is 0 Å². The van der Waals surface area contributed by atoms with Crippen molar-refractivity contribution in [2.75, 3.05) is 0 Å². The molecule has 0 heterocycles. The van der Waals surface area contributed by atoms with Gasteiger partial charge in [-0.05, 0) is 20.3 Å². The highest BCUT2D eigenvalue weighted by atomic mass is 13.9. The van der Waals surface area contributed by atoms with Crippen LogP contribution in [0.2, 0.25) is 0 Å². The van der Waals surface area contributed by atoms with E-state index in [1.807, 2.05) is 27.7 Å². The van der Waals surface area contributed by atoms with Gasteiger partial charge in [-0.2, -0.15) is 0 Å². The fourth-order valence-corrected chi connectivity index (χ4v) is 0.974. The Morgan fingerprint density at radius 1 is 0.923 bits per heavy atom. The molecular formula is C13H24. The first kappa shape index (κ1) is 14.7. The molecule has 0 atom stereocenters. The maximum absolute atomic E-state index is 2.23. The smallest absolute Gasteiger partial charge is 0.0160 e. The Kier molecular flexibility index (Phi) is 12.7. The molecule has 0 fully saturated rings. The summed E-state index contributed by atoms with van der Waals surface area (Å²) in [5.74, 6) is 0. The van der Waals surface area contributed by atoms with Crippen LogP contribution in [0.3, 0.4) is 0 Å². The lowest BCUT2D eigenvalue weighted by atomic mass is 10.2. The van der Waals surface area contributed by atoms with Crippen LogP contribution in [0.4, 0.5) is 0 Å². The van der Waals surface area contributed by atoms with Crippen molar-refractivity contribution >= 4 is 0 Å². The third kappa shape index (κ3) is 9.13. The number of rotatable bonds is 0. The van der Waals surface area contributed by atoms with Gasteiger partial charge in [-0.3, -0.25) is 0 Å². The normalized spacial score (nSPS) is 13.7. The van der Waals surface area contributed by atoms with Gasteiger partial charge in [-0.25, -0.2) is 0 Å². The number of hydrogen-bond acceptors (Lipinski definition) is 0. The Bertz CT molecular complexity index is 180. The summed E-state index contributed by atoms with van der Waals surface area (Å²) in [4.78, 5) is 0. The molecule has 0 radical (unpaired) electrons. The van der Waals surface area contributed by atoms with E-state index in [0.717, 1.165) is 6.42 Å². The van der Waals surface area contributed by atoms with E-state index in [9.17, 15) is 0 Å². The molecular weight excluding hydrogens is 156 g/mol. The Labute approximate surface area is 84.1 Å². The Morgan fingerprint density at radius 2 is 1.46 bits per heavy atom. The molecule has 1 aliphatic rings. The minimum absolute atomic E-state index is 1.08. The van der Waals surface area contributed by atoms with Gasteiger partial charge in [0.25, 0.3) is 0 Å². The van der Waals surface area contributed by atoms with Crippen molar-refractivity contribution in [3.8, 4) is 0 Å². The van der Waals surface area contributed by atoms with Crippen LogP contribution in [0.1, 0.15) is 48.0 Å². The van der Waals surface area contributed by atoms with Gasteiger partial charge in [0.2, 0.25) is 0 Å². The van der Waals surface area contributed by atoms with Crippen molar-refractivity contribution in [2.24, 2.45) is 0 Å². The van der Waals surface area contributed by atoms with E-state index >= 15 is 0 Å². The van der Waals surface area contributed by atoms with Crippen molar-refractivity contribution in [3.63, 3.8) is 0 Å². The molecule has 0 unspecified atom stereocenters. The number of hydrogen-bond donors (Lipinski definition) is 0. The van der Waals surface area contributed by atoms with Crippen LogP contribution in [-0.4, -0.2) is 0 Å². The fraction of sp³-hybridized carbons (Fsp3) is 0.538. The summed E-state index contributed by atoms with van der Waals surface area (Å²) in [5.41, 5.74) is 2.72. The summed E-state index contributed by atoms with van der Waals surface area (Å²) in [6.07, 6.45) is 9.85. The summed E-state index contributed by atoms with van der Waals surface area (Å²) in [7, 11) is 0. The standard InChI is InChI=1S/C9H12.2C2H6/c1-8-5-3-4-6-9(2)7-8;2*1-2/h3,5-7H,4H2,1-2H3;2*1-2H3. The Morgan fingerprint density at radius 3 is 2.00 bits per heavy atom. The van der Waals surface area contributed by atoms with E-state index in [1.165, 1.54) is 11.1 Å². The van der Waals surface area contributed by atoms with E-state index in [-0.39, 0.29) is 0 Å². The molecule has 0 nitrogen and oxygen atoms in total. The highest BCUT2D eigenvalue weighted by Gasteiger charge is 1.87. The molecule has 0 aliphatic heterocycles. The lowest BCUT2D eigenvalue weighted by Gasteiger charge is -1.88. The summed E-state index contributed by atoms with van der Waals surface area (Å²) in [6, 6.07) is 0. The number of allylic oxidation sites excluding steroid dienone is 6. The van der Waals surface area contributed by atoms with Crippen LogP contribution >= 0.6 is 0 Å². The third-order valence-electron chi connectivity index (χ3n) is 1.41. The maximum atomic E-state index is 2.23. The molecule has 0 saturated carbocycles. The lowest BCUT2D eigenvalue weighted by Crippen LogP contribution is -1.67. The second-order valence-electron chi connectivity index (χ2n) is 2.47.